The molecule has 0 aromatic rings. The van der Waals surface area contributed by atoms with Crippen molar-refractivity contribution in [3.05, 3.63) is 0 Å². The molecule has 1 aliphatic rings. The maximum absolute atomic E-state index is 11.4. The van der Waals surface area contributed by atoms with Gasteiger partial charge in [0.2, 0.25) is 5.91 Å². The Kier molecular flexibility index (Phi) is 7.11. The maximum atomic E-state index is 11.4. The van der Waals surface area contributed by atoms with Crippen LogP contribution in [0.3, 0.4) is 0 Å². The third-order valence-corrected chi connectivity index (χ3v) is 3.09. The van der Waals surface area contributed by atoms with E-state index in [4.69, 9.17) is 18.9 Å². The number of carbonyl (C=O) groups excluding carboxylic acids is 4. The molecule has 5 atom stereocenters. The Hall–Kier alpha value is -2.20. The lowest BCUT2D eigenvalue weighted by molar-refractivity contribution is -0.264. The molecule has 1 heterocycles. The van der Waals surface area contributed by atoms with E-state index in [1.54, 1.807) is 0 Å². The van der Waals surface area contributed by atoms with Gasteiger partial charge in [0.05, 0.1) is 0 Å². The first-order valence-electron chi connectivity index (χ1n) is 7.20. The van der Waals surface area contributed by atoms with Crippen molar-refractivity contribution in [3.63, 3.8) is 0 Å². The number of amides is 1. The fourth-order valence-corrected chi connectivity index (χ4v) is 2.31. The van der Waals surface area contributed by atoms with Crippen LogP contribution in [0.5, 0.6) is 0 Å². The number of hydrogen-bond donors (Lipinski definition) is 2. The van der Waals surface area contributed by atoms with Crippen LogP contribution in [0.25, 0.3) is 0 Å². The highest BCUT2D eigenvalue weighted by Gasteiger charge is 2.50. The lowest BCUT2D eigenvalue weighted by Crippen LogP contribution is -2.66. The zero-order valence-electron chi connectivity index (χ0n) is 13.8. The molecule has 10 heteroatoms. The molecule has 0 spiro atoms. The first kappa shape index (κ1) is 19.8. The largest absolute Gasteiger partial charge is 0.463 e. The van der Waals surface area contributed by atoms with E-state index in [9.17, 15) is 24.3 Å². The third-order valence-electron chi connectivity index (χ3n) is 3.09. The van der Waals surface area contributed by atoms with Crippen LogP contribution in [-0.2, 0) is 38.1 Å². The van der Waals surface area contributed by atoms with Crippen LogP contribution in [0.2, 0.25) is 0 Å². The Morgan fingerprint density at radius 2 is 1.50 bits per heavy atom. The summed E-state index contributed by atoms with van der Waals surface area (Å²) in [5, 5.41) is 12.5. The molecule has 1 aliphatic heterocycles. The number of aliphatic hydroxyl groups excluding tert-OH is 1. The molecule has 2 N–H and O–H groups in total. The number of ether oxygens (including phenoxy) is 4. The summed E-state index contributed by atoms with van der Waals surface area (Å²) in [5.41, 5.74) is 0. The van der Waals surface area contributed by atoms with Crippen LogP contribution in [-0.4, -0.2) is 66.2 Å². The topological polar surface area (TPSA) is 137 Å². The second-order valence-corrected chi connectivity index (χ2v) is 5.24. The van der Waals surface area contributed by atoms with Crippen LogP contribution in [0.4, 0.5) is 0 Å². The van der Waals surface area contributed by atoms with Gasteiger partial charge in [0.15, 0.2) is 18.5 Å². The van der Waals surface area contributed by atoms with Gasteiger partial charge in [0, 0.05) is 27.7 Å². The second kappa shape index (κ2) is 8.60. The first-order chi connectivity index (χ1) is 11.1. The molecular weight excluding hydrogens is 326 g/mol. The lowest BCUT2D eigenvalue weighted by Gasteiger charge is -2.43. The molecule has 24 heavy (non-hydrogen) atoms. The quantitative estimate of drug-likeness (QED) is 0.456. The van der Waals surface area contributed by atoms with E-state index < -0.39 is 54.5 Å². The van der Waals surface area contributed by atoms with Gasteiger partial charge in [-0.05, 0) is 0 Å². The zero-order chi connectivity index (χ0) is 18.4. The Balaban J connectivity index is 3.11. The minimum absolute atomic E-state index is 0.338. The van der Waals surface area contributed by atoms with Gasteiger partial charge in [0.25, 0.3) is 0 Å². The second-order valence-electron chi connectivity index (χ2n) is 5.24. The van der Waals surface area contributed by atoms with E-state index in [2.05, 4.69) is 5.32 Å². The Morgan fingerprint density at radius 3 is 1.96 bits per heavy atom. The summed E-state index contributed by atoms with van der Waals surface area (Å²) < 4.78 is 20.3. The van der Waals surface area contributed by atoms with Crippen LogP contribution >= 0.6 is 0 Å². The predicted octanol–water partition coefficient (Wildman–Crippen LogP) is -1.37. The average molecular weight is 347 g/mol. The molecule has 0 bridgehead atoms. The van der Waals surface area contributed by atoms with Crippen molar-refractivity contribution in [3.8, 4) is 0 Å². The summed E-state index contributed by atoms with van der Waals surface area (Å²) in [6.07, 6.45) is -5.06. The number of carbonyl (C=O) groups is 4. The molecule has 2 unspecified atom stereocenters. The van der Waals surface area contributed by atoms with E-state index in [0.29, 0.717) is 0 Å². The maximum Gasteiger partial charge on any atom is 0.303 e. The monoisotopic (exact) mass is 347 g/mol. The zero-order valence-corrected chi connectivity index (χ0v) is 13.8. The van der Waals surface area contributed by atoms with E-state index >= 15 is 0 Å². The van der Waals surface area contributed by atoms with Crippen molar-refractivity contribution >= 4 is 23.8 Å². The molecule has 1 amide bonds. The summed E-state index contributed by atoms with van der Waals surface area (Å²) in [7, 11) is 0. The Labute approximate surface area is 138 Å². The first-order valence-corrected chi connectivity index (χ1v) is 7.20. The van der Waals surface area contributed by atoms with E-state index in [1.807, 2.05) is 0 Å². The normalized spacial score (nSPS) is 29.3. The van der Waals surface area contributed by atoms with E-state index in [-0.39, 0.29) is 6.61 Å². The van der Waals surface area contributed by atoms with E-state index in [0.717, 1.165) is 13.8 Å². The van der Waals surface area contributed by atoms with Crippen LogP contribution in [0.15, 0.2) is 0 Å². The average Bonchev–Trinajstić information content (AvgIpc) is 2.42. The standard InChI is InChI=1S/C14H21NO9/c1-6(16)15-11-13(23-9(4)19)12(22-8(3)18)10(24-14(11)20)5-21-7(2)17/h10-14,20H,5H2,1-4H3,(H,15,16)/t10-,11?,12+,13-,14?/m1/s1. The van der Waals surface area contributed by atoms with Crippen LogP contribution in [0.1, 0.15) is 27.7 Å². The minimum atomic E-state index is -1.56. The molecule has 0 aliphatic carbocycles. The number of aliphatic hydroxyl groups is 1. The lowest BCUT2D eigenvalue weighted by atomic mass is 9.96. The minimum Gasteiger partial charge on any atom is -0.463 e. The molecule has 0 aromatic heterocycles. The fourth-order valence-electron chi connectivity index (χ4n) is 2.31. The molecule has 1 rings (SSSR count). The molecule has 0 radical (unpaired) electrons. The molecule has 1 saturated heterocycles. The van der Waals surface area contributed by atoms with Gasteiger partial charge in [-0.1, -0.05) is 0 Å². The molecule has 0 saturated carbocycles. The van der Waals surface area contributed by atoms with Gasteiger partial charge in [-0.2, -0.15) is 0 Å². The number of rotatable bonds is 5. The number of nitrogens with one attached hydrogen (secondary N) is 1. The van der Waals surface area contributed by atoms with Gasteiger partial charge in [-0.3, -0.25) is 19.2 Å². The smallest absolute Gasteiger partial charge is 0.303 e. The van der Waals surface area contributed by atoms with E-state index in [1.165, 1.54) is 13.8 Å². The SMILES string of the molecule is CC(=O)NC1C(O)O[C@H](COC(C)=O)[C@H](OC(C)=O)[C@@H]1OC(C)=O. The Morgan fingerprint density at radius 1 is 0.958 bits per heavy atom. The van der Waals surface area contributed by atoms with Gasteiger partial charge in [-0.25, -0.2) is 0 Å². The fraction of sp³-hybridized carbons (Fsp3) is 0.714. The van der Waals surface area contributed by atoms with Gasteiger partial charge in [-0.15, -0.1) is 0 Å². The summed E-state index contributed by atoms with van der Waals surface area (Å²) in [6, 6.07) is -1.16. The van der Waals surface area contributed by atoms with Crippen molar-refractivity contribution in [2.75, 3.05) is 6.61 Å². The predicted molar refractivity (Wildman–Crippen MR) is 76.2 cm³/mol. The van der Waals surface area contributed by atoms with Crippen molar-refractivity contribution in [1.82, 2.24) is 5.32 Å². The van der Waals surface area contributed by atoms with Crippen molar-refractivity contribution in [1.29, 1.82) is 0 Å². The summed E-state index contributed by atoms with van der Waals surface area (Å²) in [6.45, 7) is 4.28. The van der Waals surface area contributed by atoms with Crippen molar-refractivity contribution < 1.29 is 43.2 Å². The molecular formula is C14H21NO9. The molecule has 10 nitrogen and oxygen atoms in total. The number of hydrogen-bond acceptors (Lipinski definition) is 9. The highest BCUT2D eigenvalue weighted by atomic mass is 16.7. The third kappa shape index (κ3) is 5.78. The summed E-state index contributed by atoms with van der Waals surface area (Å²) in [4.78, 5) is 45.0. The molecule has 1 fully saturated rings. The number of esters is 3. The summed E-state index contributed by atoms with van der Waals surface area (Å²) >= 11 is 0. The summed E-state index contributed by atoms with van der Waals surface area (Å²) in [5.74, 6) is -2.54. The van der Waals surface area contributed by atoms with Crippen molar-refractivity contribution in [2.45, 2.75) is 58.3 Å². The Bertz CT molecular complexity index is 506. The highest BCUT2D eigenvalue weighted by molar-refractivity contribution is 5.73. The van der Waals surface area contributed by atoms with Crippen LogP contribution in [0, 0.1) is 0 Å². The van der Waals surface area contributed by atoms with Crippen molar-refractivity contribution in [2.24, 2.45) is 0 Å². The molecule has 136 valence electrons. The highest BCUT2D eigenvalue weighted by Crippen LogP contribution is 2.26. The van der Waals surface area contributed by atoms with Gasteiger partial charge in [0.1, 0.15) is 18.8 Å². The molecule has 0 aromatic carbocycles. The van der Waals surface area contributed by atoms with Gasteiger partial charge < -0.3 is 29.4 Å². The van der Waals surface area contributed by atoms with Crippen LogP contribution < -0.4 is 5.32 Å². The van der Waals surface area contributed by atoms with Gasteiger partial charge >= 0.3 is 17.9 Å².